The Morgan fingerprint density at radius 3 is 2.27 bits per heavy atom. The molecule has 5 heteroatoms. The van der Waals surface area contributed by atoms with Crippen LogP contribution in [0.1, 0.15) is 26.7 Å². The first-order valence-corrected chi connectivity index (χ1v) is 5.39. The molecule has 0 bridgehead atoms. The number of hydrogen-bond donors (Lipinski definition) is 0. The second-order valence-electron chi connectivity index (χ2n) is 2.36. The Bertz CT molecular complexity index is 136. The number of rotatable bonds is 5. The van der Waals surface area contributed by atoms with Crippen LogP contribution in [0.25, 0.3) is 0 Å². The van der Waals surface area contributed by atoms with Crippen molar-refractivity contribution in [2.24, 2.45) is 0 Å². The van der Waals surface area contributed by atoms with E-state index in [9.17, 15) is 9.46 Å². The van der Waals surface area contributed by atoms with Gasteiger partial charge in [0.2, 0.25) is 0 Å². The average Bonchev–Trinajstić information content (AvgIpc) is 2.00. The van der Waals surface area contributed by atoms with E-state index in [4.69, 9.17) is 0 Å². The average molecular weight is 243 g/mol. The van der Waals surface area contributed by atoms with Gasteiger partial charge in [-0.15, -0.1) is 4.52 Å². The van der Waals surface area contributed by atoms with Gasteiger partial charge in [-0.3, -0.25) is 0 Å². The van der Waals surface area contributed by atoms with E-state index < -0.39 is 8.25 Å². The van der Waals surface area contributed by atoms with Crippen LogP contribution < -0.4 is 4.89 Å². The second kappa shape index (κ2) is 5.20. The van der Waals surface area contributed by atoms with Crippen LogP contribution in [0.3, 0.4) is 0 Å². The van der Waals surface area contributed by atoms with Crippen molar-refractivity contribution in [3.63, 3.8) is 0 Å². The summed E-state index contributed by atoms with van der Waals surface area (Å²) in [6.07, 6.45) is 1.71. The van der Waals surface area contributed by atoms with Crippen LogP contribution in [0.4, 0.5) is 0 Å². The molecule has 0 aliphatic heterocycles. The van der Waals surface area contributed by atoms with Crippen molar-refractivity contribution in [3.8, 4) is 0 Å². The van der Waals surface area contributed by atoms with Crippen LogP contribution in [0, 0.1) is 0 Å². The van der Waals surface area contributed by atoms with Gasteiger partial charge in [-0.2, -0.15) is 0 Å². The van der Waals surface area contributed by atoms with Crippen LogP contribution in [0.5, 0.6) is 0 Å². The first kappa shape index (κ1) is 11.5. The number of hydrogen-bond acceptors (Lipinski definition) is 3. The fourth-order valence-electron chi connectivity index (χ4n) is 0.623. The van der Waals surface area contributed by atoms with Gasteiger partial charge in [0.15, 0.2) is 0 Å². The molecule has 0 heterocycles. The van der Waals surface area contributed by atoms with Crippen LogP contribution >= 0.6 is 24.2 Å². The molecule has 0 radical (unpaired) electrons. The van der Waals surface area contributed by atoms with Gasteiger partial charge in [0.1, 0.15) is 6.61 Å². The van der Waals surface area contributed by atoms with Crippen LogP contribution in [0.2, 0.25) is 0 Å². The monoisotopic (exact) mass is 242 g/mol. The summed E-state index contributed by atoms with van der Waals surface area (Å²) in [7, 11) is -2.71. The summed E-state index contributed by atoms with van der Waals surface area (Å²) in [6.45, 7) is 4.19. The van der Waals surface area contributed by atoms with Crippen molar-refractivity contribution < 1.29 is 14.0 Å². The molecule has 0 aromatic rings. The SMILES string of the molecule is CCC(Br)(CC)CO[P+](=O)[O-]. The van der Waals surface area contributed by atoms with Gasteiger partial charge >= 0.3 is 8.25 Å². The predicted molar refractivity (Wildman–Crippen MR) is 45.8 cm³/mol. The quantitative estimate of drug-likeness (QED) is 0.547. The highest BCUT2D eigenvalue weighted by Crippen LogP contribution is 2.29. The topological polar surface area (TPSA) is 49.4 Å². The maximum Gasteiger partial charge on any atom is 0.488 e. The van der Waals surface area contributed by atoms with Crippen molar-refractivity contribution in [1.29, 1.82) is 0 Å². The Kier molecular flexibility index (Phi) is 5.44. The molecule has 3 nitrogen and oxygen atoms in total. The third-order valence-electron chi connectivity index (χ3n) is 1.70. The van der Waals surface area contributed by atoms with E-state index in [2.05, 4.69) is 20.5 Å². The normalized spacial score (nSPS) is 13.3. The Hall–Kier alpha value is 0.500. The van der Waals surface area contributed by atoms with Crippen molar-refractivity contribution in [2.75, 3.05) is 6.61 Å². The summed E-state index contributed by atoms with van der Waals surface area (Å²) >= 11 is 3.42. The lowest BCUT2D eigenvalue weighted by Gasteiger charge is -2.20. The standard InChI is InChI=1S/C6H12BrO3P/c1-3-6(7,4-2)5-10-11(8)9/h3-5H2,1-2H3. The molecule has 0 saturated heterocycles. The molecule has 0 aromatic carbocycles. The Labute approximate surface area is 76.2 Å². The van der Waals surface area contributed by atoms with E-state index in [1.54, 1.807) is 0 Å². The molecule has 0 amide bonds. The van der Waals surface area contributed by atoms with Crippen molar-refractivity contribution in [1.82, 2.24) is 0 Å². The van der Waals surface area contributed by atoms with E-state index in [0.717, 1.165) is 12.8 Å². The van der Waals surface area contributed by atoms with Gasteiger partial charge in [0.25, 0.3) is 0 Å². The fraction of sp³-hybridized carbons (Fsp3) is 1.00. The summed E-state index contributed by atoms with van der Waals surface area (Å²) in [5.41, 5.74) is 0. The van der Waals surface area contributed by atoms with Gasteiger partial charge < -0.3 is 4.89 Å². The molecule has 0 fully saturated rings. The maximum absolute atomic E-state index is 10.1. The molecular weight excluding hydrogens is 231 g/mol. The van der Waals surface area contributed by atoms with Gasteiger partial charge in [0, 0.05) is 0 Å². The van der Waals surface area contributed by atoms with E-state index >= 15 is 0 Å². The summed E-state index contributed by atoms with van der Waals surface area (Å²) in [6, 6.07) is 0. The number of halogens is 1. The fourth-order valence-corrected chi connectivity index (χ4v) is 1.27. The van der Waals surface area contributed by atoms with Gasteiger partial charge in [-0.1, -0.05) is 29.8 Å². The van der Waals surface area contributed by atoms with Gasteiger partial charge in [-0.05, 0) is 17.4 Å². The molecule has 0 aliphatic rings. The zero-order valence-corrected chi connectivity index (χ0v) is 9.15. The summed E-state index contributed by atoms with van der Waals surface area (Å²) in [5.74, 6) is 0. The molecule has 66 valence electrons. The third kappa shape index (κ3) is 4.86. The Morgan fingerprint density at radius 1 is 1.55 bits per heavy atom. The largest absolute Gasteiger partial charge is 0.566 e. The van der Waals surface area contributed by atoms with Crippen LogP contribution in [-0.4, -0.2) is 10.9 Å². The molecule has 1 unspecified atom stereocenters. The van der Waals surface area contributed by atoms with Gasteiger partial charge in [-0.25, -0.2) is 0 Å². The van der Waals surface area contributed by atoms with Crippen molar-refractivity contribution >= 4 is 24.2 Å². The predicted octanol–water partition coefficient (Wildman–Crippen LogP) is 1.97. The number of alkyl halides is 1. The smallest absolute Gasteiger partial charge is 0.488 e. The highest BCUT2D eigenvalue weighted by atomic mass is 79.9. The first-order valence-electron chi connectivity index (χ1n) is 3.50. The van der Waals surface area contributed by atoms with Crippen LogP contribution in [-0.2, 0) is 9.09 Å². The molecule has 0 aliphatic carbocycles. The lowest BCUT2D eigenvalue weighted by atomic mass is 10.1. The molecule has 0 spiro atoms. The molecule has 0 saturated carbocycles. The van der Waals surface area contributed by atoms with Crippen molar-refractivity contribution in [2.45, 2.75) is 31.0 Å². The van der Waals surface area contributed by atoms with Crippen LogP contribution in [0.15, 0.2) is 0 Å². The minimum atomic E-state index is -2.71. The highest BCUT2D eigenvalue weighted by molar-refractivity contribution is 9.10. The molecular formula is C6H12BrO3P. The zero-order valence-electron chi connectivity index (χ0n) is 6.67. The lowest BCUT2D eigenvalue weighted by Crippen LogP contribution is -2.24. The minimum Gasteiger partial charge on any atom is -0.566 e. The Balaban J connectivity index is 3.78. The summed E-state index contributed by atoms with van der Waals surface area (Å²) in [5, 5.41) is 0. The molecule has 0 rings (SSSR count). The molecule has 11 heavy (non-hydrogen) atoms. The first-order chi connectivity index (χ1) is 5.04. The summed E-state index contributed by atoms with van der Waals surface area (Å²) < 4.78 is 14.4. The maximum atomic E-state index is 10.1. The van der Waals surface area contributed by atoms with Gasteiger partial charge in [0.05, 0.1) is 4.32 Å². The van der Waals surface area contributed by atoms with Crippen molar-refractivity contribution in [3.05, 3.63) is 0 Å². The molecule has 0 N–H and O–H groups in total. The van der Waals surface area contributed by atoms with E-state index in [1.807, 2.05) is 13.8 Å². The molecule has 0 aromatic heterocycles. The second-order valence-corrected chi connectivity index (χ2v) is 4.74. The highest BCUT2D eigenvalue weighted by Gasteiger charge is 2.25. The zero-order chi connectivity index (χ0) is 8.91. The lowest BCUT2D eigenvalue weighted by molar-refractivity contribution is -0.186. The van der Waals surface area contributed by atoms with E-state index in [0.29, 0.717) is 0 Å². The Morgan fingerprint density at radius 2 is 2.00 bits per heavy atom. The minimum absolute atomic E-state index is 0.178. The van der Waals surface area contributed by atoms with E-state index in [1.165, 1.54) is 0 Å². The van der Waals surface area contributed by atoms with E-state index in [-0.39, 0.29) is 10.9 Å². The molecule has 1 atom stereocenters. The summed E-state index contributed by atoms with van der Waals surface area (Å²) in [4.78, 5) is 10.1. The third-order valence-corrected chi connectivity index (χ3v) is 3.39.